The number of amides is 2. The molecule has 1 heterocycles. The highest BCUT2D eigenvalue weighted by Crippen LogP contribution is 2.37. The predicted molar refractivity (Wildman–Crippen MR) is 69.6 cm³/mol. The highest BCUT2D eigenvalue weighted by molar-refractivity contribution is 5.86. The third-order valence-corrected chi connectivity index (χ3v) is 3.55. The monoisotopic (exact) mass is 242 g/mol. The van der Waals surface area contributed by atoms with Crippen LogP contribution in [0.1, 0.15) is 46.5 Å². The smallest absolute Gasteiger partial charge is 0.226 e. The maximum Gasteiger partial charge on any atom is 0.226 e. The number of hydrogen-bond donors (Lipinski definition) is 1. The molecule has 4 heteroatoms. The Kier molecular flexibility index (Phi) is 7.79. The minimum atomic E-state index is -0.142. The molecule has 4 nitrogen and oxygen atoms in total. The van der Waals surface area contributed by atoms with Gasteiger partial charge in [-0.2, -0.15) is 0 Å². The van der Waals surface area contributed by atoms with Crippen molar-refractivity contribution in [3.05, 3.63) is 0 Å². The standard InChI is InChI=1S/C11H20N2O2.C2H6/c1-3-11(8-10(15)12-9-14)4-6-13(2)7-5-11;1-2/h9H,3-8H2,1-2H3,(H,12,14,15);1-2H3. The molecule has 0 aliphatic carbocycles. The number of carbonyl (C=O) groups excluding carboxylic acids is 2. The third-order valence-electron chi connectivity index (χ3n) is 3.55. The molecule has 0 aromatic carbocycles. The van der Waals surface area contributed by atoms with E-state index < -0.39 is 0 Å². The Labute approximate surface area is 105 Å². The molecule has 0 spiro atoms. The molecule has 0 unspecified atom stereocenters. The van der Waals surface area contributed by atoms with E-state index in [1.807, 2.05) is 13.8 Å². The lowest BCUT2D eigenvalue weighted by Gasteiger charge is -2.39. The van der Waals surface area contributed by atoms with Crippen molar-refractivity contribution in [2.75, 3.05) is 20.1 Å². The molecule has 1 saturated heterocycles. The first-order valence-corrected chi connectivity index (χ1v) is 6.53. The molecule has 1 rings (SSSR count). The van der Waals surface area contributed by atoms with Gasteiger partial charge in [-0.1, -0.05) is 20.8 Å². The zero-order valence-corrected chi connectivity index (χ0v) is 11.6. The summed E-state index contributed by atoms with van der Waals surface area (Å²) in [6.07, 6.45) is 4.06. The number of piperidine rings is 1. The fraction of sp³-hybridized carbons (Fsp3) is 0.846. The van der Waals surface area contributed by atoms with E-state index in [-0.39, 0.29) is 11.3 Å². The van der Waals surface area contributed by atoms with Gasteiger partial charge < -0.3 is 4.90 Å². The van der Waals surface area contributed by atoms with E-state index in [9.17, 15) is 9.59 Å². The van der Waals surface area contributed by atoms with Crippen molar-refractivity contribution in [1.82, 2.24) is 10.2 Å². The van der Waals surface area contributed by atoms with Crippen LogP contribution in [-0.2, 0) is 9.59 Å². The van der Waals surface area contributed by atoms with E-state index in [2.05, 4.69) is 24.2 Å². The Morgan fingerprint density at radius 1 is 1.35 bits per heavy atom. The summed E-state index contributed by atoms with van der Waals surface area (Å²) in [5.74, 6) is -0.142. The molecule has 100 valence electrons. The summed E-state index contributed by atoms with van der Waals surface area (Å²) in [4.78, 5) is 23.8. The Balaban J connectivity index is 0.00000121. The molecule has 0 bridgehead atoms. The minimum Gasteiger partial charge on any atom is -0.306 e. The van der Waals surface area contributed by atoms with Gasteiger partial charge in [-0.25, -0.2) is 0 Å². The van der Waals surface area contributed by atoms with E-state index in [1.165, 1.54) is 0 Å². The number of nitrogens with one attached hydrogen (secondary N) is 1. The summed E-state index contributed by atoms with van der Waals surface area (Å²) >= 11 is 0. The number of carbonyl (C=O) groups is 2. The quantitative estimate of drug-likeness (QED) is 0.765. The van der Waals surface area contributed by atoms with Crippen LogP contribution in [0.2, 0.25) is 0 Å². The molecule has 17 heavy (non-hydrogen) atoms. The van der Waals surface area contributed by atoms with E-state index in [0.717, 1.165) is 32.4 Å². The number of imide groups is 1. The second kappa shape index (κ2) is 8.23. The van der Waals surface area contributed by atoms with Gasteiger partial charge in [0, 0.05) is 6.42 Å². The van der Waals surface area contributed by atoms with Crippen molar-refractivity contribution in [2.24, 2.45) is 5.41 Å². The molecule has 0 aromatic heterocycles. The summed E-state index contributed by atoms with van der Waals surface area (Å²) in [6.45, 7) is 8.21. The Hall–Kier alpha value is -0.900. The van der Waals surface area contributed by atoms with Crippen LogP contribution >= 0.6 is 0 Å². The van der Waals surface area contributed by atoms with Crippen molar-refractivity contribution in [2.45, 2.75) is 46.5 Å². The second-order valence-corrected chi connectivity index (χ2v) is 4.52. The minimum absolute atomic E-state index is 0.111. The Bertz CT molecular complexity index is 234. The van der Waals surface area contributed by atoms with Crippen molar-refractivity contribution in [1.29, 1.82) is 0 Å². The van der Waals surface area contributed by atoms with E-state index in [1.54, 1.807) is 0 Å². The lowest BCUT2D eigenvalue weighted by Crippen LogP contribution is -2.40. The van der Waals surface area contributed by atoms with Crippen molar-refractivity contribution < 1.29 is 9.59 Å². The molecule has 1 fully saturated rings. The lowest BCUT2D eigenvalue weighted by atomic mass is 9.73. The van der Waals surface area contributed by atoms with Gasteiger partial charge in [0.15, 0.2) is 0 Å². The van der Waals surface area contributed by atoms with Crippen molar-refractivity contribution in [3.63, 3.8) is 0 Å². The molecule has 1 aliphatic rings. The van der Waals surface area contributed by atoms with E-state index >= 15 is 0 Å². The van der Waals surface area contributed by atoms with Gasteiger partial charge in [-0.15, -0.1) is 0 Å². The van der Waals surface area contributed by atoms with Gasteiger partial charge in [0.25, 0.3) is 0 Å². The SMILES string of the molecule is CC.CCC1(CC(=O)NC=O)CCN(C)CC1. The molecule has 2 amide bonds. The first kappa shape index (κ1) is 16.1. The van der Waals surface area contributed by atoms with E-state index in [0.29, 0.717) is 12.8 Å². The van der Waals surface area contributed by atoms with Crippen molar-refractivity contribution in [3.8, 4) is 0 Å². The number of rotatable bonds is 4. The summed E-state index contributed by atoms with van der Waals surface area (Å²) in [7, 11) is 2.10. The fourth-order valence-corrected chi connectivity index (χ4v) is 2.21. The normalized spacial score (nSPS) is 18.8. The van der Waals surface area contributed by atoms with Crippen LogP contribution in [0.15, 0.2) is 0 Å². The molecule has 0 atom stereocenters. The molecular formula is C13H26N2O2. The van der Waals surface area contributed by atoms with Gasteiger partial charge in [-0.05, 0) is 44.8 Å². The fourth-order valence-electron chi connectivity index (χ4n) is 2.21. The Morgan fingerprint density at radius 3 is 2.29 bits per heavy atom. The molecule has 0 saturated carbocycles. The zero-order valence-electron chi connectivity index (χ0n) is 11.6. The first-order chi connectivity index (χ1) is 8.12. The summed E-state index contributed by atoms with van der Waals surface area (Å²) in [5.41, 5.74) is 0.111. The van der Waals surface area contributed by atoms with Gasteiger partial charge >= 0.3 is 0 Å². The highest BCUT2D eigenvalue weighted by Gasteiger charge is 2.33. The van der Waals surface area contributed by atoms with Crippen molar-refractivity contribution >= 4 is 12.3 Å². The second-order valence-electron chi connectivity index (χ2n) is 4.52. The Morgan fingerprint density at radius 2 is 1.88 bits per heavy atom. The van der Waals surface area contributed by atoms with Gasteiger partial charge in [0.1, 0.15) is 0 Å². The number of likely N-dealkylation sites (tertiary alicyclic amines) is 1. The van der Waals surface area contributed by atoms with Crippen LogP contribution in [0.5, 0.6) is 0 Å². The maximum atomic E-state index is 11.4. The molecule has 1 N–H and O–H groups in total. The van der Waals surface area contributed by atoms with E-state index in [4.69, 9.17) is 0 Å². The average molecular weight is 242 g/mol. The predicted octanol–water partition coefficient (Wildman–Crippen LogP) is 1.80. The van der Waals surface area contributed by atoms with Gasteiger partial charge in [0.2, 0.25) is 12.3 Å². The highest BCUT2D eigenvalue weighted by atomic mass is 16.2. The third kappa shape index (κ3) is 5.31. The summed E-state index contributed by atoms with van der Waals surface area (Å²) < 4.78 is 0. The van der Waals surface area contributed by atoms with Gasteiger partial charge in [0.05, 0.1) is 0 Å². The largest absolute Gasteiger partial charge is 0.306 e. The average Bonchev–Trinajstić information content (AvgIpc) is 2.35. The van der Waals surface area contributed by atoms with Crippen LogP contribution in [0.25, 0.3) is 0 Å². The number of hydrogen-bond acceptors (Lipinski definition) is 3. The molecule has 0 aromatic rings. The first-order valence-electron chi connectivity index (χ1n) is 6.53. The van der Waals surface area contributed by atoms with Gasteiger partial charge in [-0.3, -0.25) is 14.9 Å². The van der Waals surface area contributed by atoms with Crippen LogP contribution in [0.4, 0.5) is 0 Å². The van der Waals surface area contributed by atoms with Crippen LogP contribution in [0.3, 0.4) is 0 Å². The lowest BCUT2D eigenvalue weighted by molar-refractivity contribution is -0.127. The summed E-state index contributed by atoms with van der Waals surface area (Å²) in [6, 6.07) is 0. The summed E-state index contributed by atoms with van der Waals surface area (Å²) in [5, 5.41) is 2.23. The topological polar surface area (TPSA) is 49.4 Å². The van der Waals surface area contributed by atoms with Crippen LogP contribution < -0.4 is 5.32 Å². The molecular weight excluding hydrogens is 216 g/mol. The zero-order chi connectivity index (χ0) is 13.3. The molecule has 0 radical (unpaired) electrons. The number of nitrogens with zero attached hydrogens (tertiary/aromatic N) is 1. The maximum absolute atomic E-state index is 11.4. The van der Waals surface area contributed by atoms with Crippen LogP contribution in [0, 0.1) is 5.41 Å². The van der Waals surface area contributed by atoms with Crippen LogP contribution in [-0.4, -0.2) is 37.4 Å². The molecule has 1 aliphatic heterocycles.